The number of aromatic hydroxyl groups is 1. The van der Waals surface area contributed by atoms with Crippen molar-refractivity contribution in [2.45, 2.75) is 57.0 Å². The molecule has 13 nitrogen and oxygen atoms in total. The Labute approximate surface area is 307 Å². The predicted molar refractivity (Wildman–Crippen MR) is 196 cm³/mol. The van der Waals surface area contributed by atoms with Crippen LogP contribution in [0.4, 0.5) is 4.79 Å². The number of phenols is 1. The third kappa shape index (κ3) is 7.30. The molecule has 272 valence electrons. The van der Waals surface area contributed by atoms with Crippen molar-refractivity contribution in [1.82, 2.24) is 40.6 Å². The predicted octanol–water partition coefficient (Wildman–Crippen LogP) is 4.15. The van der Waals surface area contributed by atoms with Crippen molar-refractivity contribution in [1.29, 1.82) is 0 Å². The van der Waals surface area contributed by atoms with Crippen molar-refractivity contribution < 1.29 is 24.0 Å². The van der Waals surface area contributed by atoms with Gasteiger partial charge in [-0.3, -0.25) is 14.6 Å². The van der Waals surface area contributed by atoms with Crippen LogP contribution in [0.3, 0.4) is 0 Å². The number of nitrogens with zero attached hydrogens (tertiary/aromatic N) is 6. The lowest BCUT2D eigenvalue weighted by Gasteiger charge is -2.55. The van der Waals surface area contributed by atoms with E-state index in [4.69, 9.17) is 4.52 Å². The minimum Gasteiger partial charge on any atom is -0.508 e. The van der Waals surface area contributed by atoms with Crippen LogP contribution in [0.5, 0.6) is 5.75 Å². The number of pyridine rings is 1. The molecule has 0 spiro atoms. The van der Waals surface area contributed by atoms with Gasteiger partial charge in [0.15, 0.2) is 5.76 Å². The average molecular weight is 715 g/mol. The molecular weight excluding hydrogens is 672 g/mol. The molecule has 0 aliphatic carbocycles. The van der Waals surface area contributed by atoms with Gasteiger partial charge in [0.05, 0.1) is 30.8 Å². The normalized spacial score (nSPS) is 19.8. The number of piperazine rings is 1. The van der Waals surface area contributed by atoms with Crippen molar-refractivity contribution in [3.8, 4) is 5.75 Å². The van der Waals surface area contributed by atoms with Crippen LogP contribution in [0.15, 0.2) is 102 Å². The van der Waals surface area contributed by atoms with E-state index in [2.05, 4.69) is 20.8 Å². The Morgan fingerprint density at radius 2 is 1.74 bits per heavy atom. The molecule has 3 aliphatic heterocycles. The van der Waals surface area contributed by atoms with Gasteiger partial charge >= 0.3 is 6.03 Å². The fraction of sp³-hybridized carbons (Fsp3) is 0.325. The highest BCUT2D eigenvalue weighted by Crippen LogP contribution is 2.32. The van der Waals surface area contributed by atoms with Crippen LogP contribution in [-0.4, -0.2) is 91.3 Å². The van der Waals surface area contributed by atoms with E-state index in [1.54, 1.807) is 50.3 Å². The molecule has 4 amide bonds. The number of fused-ring (bicyclic) bond motifs is 2. The lowest BCUT2D eigenvalue weighted by molar-refractivity contribution is -0.193. The van der Waals surface area contributed by atoms with E-state index in [-0.39, 0.29) is 62.6 Å². The number of piperidine rings is 1. The second-order valence-corrected chi connectivity index (χ2v) is 13.9. The topological polar surface area (TPSA) is 147 Å². The van der Waals surface area contributed by atoms with Crippen LogP contribution in [0, 0.1) is 0 Å². The maximum Gasteiger partial charge on any atom is 0.334 e. The molecule has 8 rings (SSSR count). The van der Waals surface area contributed by atoms with Crippen molar-refractivity contribution >= 4 is 28.7 Å². The first kappa shape index (κ1) is 34.3. The van der Waals surface area contributed by atoms with E-state index in [9.17, 15) is 19.5 Å². The first-order valence-corrected chi connectivity index (χ1v) is 18.1. The zero-order chi connectivity index (χ0) is 36.3. The van der Waals surface area contributed by atoms with E-state index < -0.39 is 18.2 Å². The first-order chi connectivity index (χ1) is 25.9. The number of benzene rings is 3. The number of carbonyl (C=O) groups is 3. The van der Waals surface area contributed by atoms with Crippen LogP contribution in [0.2, 0.25) is 0 Å². The van der Waals surface area contributed by atoms with Crippen LogP contribution in [0.25, 0.3) is 10.9 Å². The van der Waals surface area contributed by atoms with Gasteiger partial charge in [0, 0.05) is 43.1 Å². The number of nitrogens with one attached hydrogen (secondary N) is 2. The molecule has 3 N–H and O–H groups in total. The maximum absolute atomic E-state index is 14.6. The number of carbonyl (C=O) groups excluding carboxylic acids is 3. The molecule has 5 aromatic rings. The summed E-state index contributed by atoms with van der Waals surface area (Å²) in [6.45, 7) is 2.43. The summed E-state index contributed by atoms with van der Waals surface area (Å²) in [5.74, 6) is 0.443. The quantitative estimate of drug-likeness (QED) is 0.205. The number of hydrogen-bond donors (Lipinski definition) is 3. The molecule has 2 atom stereocenters. The van der Waals surface area contributed by atoms with Gasteiger partial charge in [-0.15, -0.1) is 0 Å². The summed E-state index contributed by atoms with van der Waals surface area (Å²) < 4.78 is 5.83. The van der Waals surface area contributed by atoms with E-state index >= 15 is 0 Å². The Bertz CT molecular complexity index is 2080. The van der Waals surface area contributed by atoms with Crippen LogP contribution >= 0.6 is 0 Å². The molecule has 2 aromatic heterocycles. The molecule has 3 aromatic carbocycles. The van der Waals surface area contributed by atoms with E-state index in [1.165, 1.54) is 0 Å². The first-order valence-electron chi connectivity index (χ1n) is 18.1. The van der Waals surface area contributed by atoms with Gasteiger partial charge in [0.2, 0.25) is 11.8 Å². The fourth-order valence-corrected chi connectivity index (χ4v) is 7.79. The summed E-state index contributed by atoms with van der Waals surface area (Å²) in [6.07, 6.45) is 3.03. The molecule has 5 heterocycles. The molecule has 13 heteroatoms. The van der Waals surface area contributed by atoms with Gasteiger partial charge < -0.3 is 30.1 Å². The highest BCUT2D eigenvalue weighted by molar-refractivity contribution is 5.92. The maximum atomic E-state index is 14.6. The second kappa shape index (κ2) is 15.1. The second-order valence-electron chi connectivity index (χ2n) is 13.9. The van der Waals surface area contributed by atoms with Crippen LogP contribution < -0.4 is 10.6 Å². The van der Waals surface area contributed by atoms with Gasteiger partial charge in [0.1, 0.15) is 18.0 Å². The summed E-state index contributed by atoms with van der Waals surface area (Å²) in [7, 11) is 0. The van der Waals surface area contributed by atoms with E-state index in [1.807, 2.05) is 66.7 Å². The van der Waals surface area contributed by atoms with Gasteiger partial charge in [-0.05, 0) is 66.9 Å². The number of hydrogen-bond acceptors (Lipinski definition) is 9. The molecular formula is C40H42N8O5. The summed E-state index contributed by atoms with van der Waals surface area (Å²) >= 11 is 0. The minimum absolute atomic E-state index is 0.0826. The number of rotatable bonds is 9. The Balaban J connectivity index is 1.15. The fourth-order valence-electron chi connectivity index (χ4n) is 7.79. The summed E-state index contributed by atoms with van der Waals surface area (Å²) in [4.78, 5) is 51.2. The van der Waals surface area contributed by atoms with E-state index in [0.717, 1.165) is 59.2 Å². The molecule has 0 saturated carbocycles. The number of phenolic OH excluding ortho intramolecular Hbond substituents is 1. The zero-order valence-corrected chi connectivity index (χ0v) is 29.3. The van der Waals surface area contributed by atoms with Gasteiger partial charge in [-0.2, -0.15) is 5.01 Å². The highest BCUT2D eigenvalue weighted by Gasteiger charge is 2.51. The third-order valence-corrected chi connectivity index (χ3v) is 10.5. The standard InChI is InChI=1S/C40H42N8O5/c49-31-13-11-27(12-14-31)20-36-39(51)45(23-30-8-4-10-34-33(30)9-5-17-42-34)25-37-47(36)38(50)26-46(48(37)40(52)43-22-28-6-2-1-3-7-28)24-32-21-35(44-53-32)29-15-18-41-19-16-29/h1-14,17,21,29,36-37,41,49H,15-16,18-20,22-26H2,(H,43,52)/t36-,37-/m0/s1. The smallest absolute Gasteiger partial charge is 0.334 e. The zero-order valence-electron chi connectivity index (χ0n) is 29.3. The number of amides is 4. The lowest BCUT2D eigenvalue weighted by Crippen LogP contribution is -2.76. The van der Waals surface area contributed by atoms with Crippen molar-refractivity contribution in [3.63, 3.8) is 0 Å². The SMILES string of the molecule is O=C1[C@H](Cc2ccc(O)cc2)N2C(=O)CN(Cc3cc(C4CCNCC4)no3)N(C(=O)NCc3ccccc3)[C@H]2CN1Cc1cccc2ncccc12. The summed E-state index contributed by atoms with van der Waals surface area (Å²) in [6, 6.07) is 26.6. The van der Waals surface area contributed by atoms with Gasteiger partial charge in [0.25, 0.3) is 0 Å². The number of urea groups is 1. The highest BCUT2D eigenvalue weighted by atomic mass is 16.5. The molecule has 0 bridgehead atoms. The molecule has 53 heavy (non-hydrogen) atoms. The largest absolute Gasteiger partial charge is 0.508 e. The Kier molecular flexibility index (Phi) is 9.74. The number of hydrazine groups is 1. The van der Waals surface area contributed by atoms with Gasteiger partial charge in [-0.25, -0.2) is 9.80 Å². The van der Waals surface area contributed by atoms with E-state index in [0.29, 0.717) is 5.76 Å². The molecule has 3 aliphatic rings. The summed E-state index contributed by atoms with van der Waals surface area (Å²) in [5.41, 5.74) is 4.30. The summed E-state index contributed by atoms with van der Waals surface area (Å²) in [5, 5.41) is 25.0. The lowest BCUT2D eigenvalue weighted by atomic mass is 9.94. The van der Waals surface area contributed by atoms with Crippen LogP contribution in [-0.2, 0) is 35.6 Å². The van der Waals surface area contributed by atoms with Crippen molar-refractivity contribution in [3.05, 3.63) is 125 Å². The average Bonchev–Trinajstić information content (AvgIpc) is 3.66. The van der Waals surface area contributed by atoms with Crippen molar-refractivity contribution in [2.24, 2.45) is 0 Å². The van der Waals surface area contributed by atoms with Crippen molar-refractivity contribution in [2.75, 3.05) is 26.2 Å². The molecule has 3 fully saturated rings. The molecule has 0 unspecified atom stereocenters. The van der Waals surface area contributed by atoms with Crippen LogP contribution in [0.1, 0.15) is 46.9 Å². The Hall–Kier alpha value is -5.79. The Morgan fingerprint density at radius 1 is 0.925 bits per heavy atom. The van der Waals surface area contributed by atoms with Gasteiger partial charge in [-0.1, -0.05) is 65.8 Å². The third-order valence-electron chi connectivity index (χ3n) is 10.5. The molecule has 0 radical (unpaired) electrons. The number of aromatic nitrogens is 2. The Morgan fingerprint density at radius 3 is 2.55 bits per heavy atom. The monoisotopic (exact) mass is 714 g/mol. The molecule has 3 saturated heterocycles. The minimum atomic E-state index is -0.901.